The van der Waals surface area contributed by atoms with Crippen LogP contribution in [0, 0.1) is 12.8 Å². The van der Waals surface area contributed by atoms with Crippen molar-refractivity contribution in [2.24, 2.45) is 5.92 Å². The molecule has 170 valence electrons. The number of benzene rings is 2. The van der Waals surface area contributed by atoms with Gasteiger partial charge in [-0.2, -0.15) is 0 Å². The second-order valence-electron chi connectivity index (χ2n) is 9.17. The molecule has 1 saturated heterocycles. The third kappa shape index (κ3) is 4.18. The van der Waals surface area contributed by atoms with Gasteiger partial charge in [-0.05, 0) is 76.1 Å². The molecular weight excluding hydrogens is 424 g/mol. The van der Waals surface area contributed by atoms with Crippen LogP contribution in [0.3, 0.4) is 0 Å². The topological polar surface area (TPSA) is 74.8 Å². The minimum atomic E-state index is -3.91. The van der Waals surface area contributed by atoms with E-state index in [0.29, 0.717) is 24.6 Å². The largest absolute Gasteiger partial charge is 0.339 e. The molecule has 0 atom stereocenters. The monoisotopic (exact) mass is 454 g/mol. The van der Waals surface area contributed by atoms with E-state index >= 15 is 0 Å². The number of likely N-dealkylation sites (tertiary alicyclic amines) is 1. The summed E-state index contributed by atoms with van der Waals surface area (Å²) in [6, 6.07) is 12.6. The third-order valence-electron chi connectivity index (χ3n) is 6.53. The van der Waals surface area contributed by atoms with E-state index in [0.717, 1.165) is 30.0 Å². The second-order valence-corrected chi connectivity index (χ2v) is 11.0. The van der Waals surface area contributed by atoms with E-state index in [2.05, 4.69) is 31.2 Å². The summed E-state index contributed by atoms with van der Waals surface area (Å²) < 4.78 is 26.5. The molecule has 0 unspecified atom stereocenters. The molecule has 0 spiro atoms. The zero-order chi connectivity index (χ0) is 23.0. The minimum absolute atomic E-state index is 0.0602. The van der Waals surface area contributed by atoms with Gasteiger partial charge in [-0.25, -0.2) is 12.7 Å². The number of hydrogen-bond acceptors (Lipinski definition) is 4. The fourth-order valence-corrected chi connectivity index (χ4v) is 6.42. The number of fused-ring (bicyclic) bond motifs is 1. The summed E-state index contributed by atoms with van der Waals surface area (Å²) in [6.07, 6.45) is 4.04. The van der Waals surface area contributed by atoms with E-state index in [9.17, 15) is 18.0 Å². The first-order chi connectivity index (χ1) is 15.2. The van der Waals surface area contributed by atoms with Gasteiger partial charge < -0.3 is 4.90 Å². The van der Waals surface area contributed by atoms with Gasteiger partial charge in [-0.1, -0.05) is 29.8 Å². The van der Waals surface area contributed by atoms with E-state index in [-0.39, 0.29) is 16.4 Å². The Bertz CT molecular complexity index is 1130. The first kappa shape index (κ1) is 22.5. The van der Waals surface area contributed by atoms with E-state index in [1.165, 1.54) is 23.3 Å². The maximum Gasteiger partial charge on any atom is 0.269 e. The predicted octanol–water partition coefficient (Wildman–Crippen LogP) is 4.03. The van der Waals surface area contributed by atoms with Crippen molar-refractivity contribution in [2.75, 3.05) is 13.1 Å². The van der Waals surface area contributed by atoms with Crippen molar-refractivity contribution in [3.05, 3.63) is 64.7 Å². The Kier molecular flexibility index (Phi) is 6.12. The molecule has 2 heterocycles. The van der Waals surface area contributed by atoms with Crippen molar-refractivity contribution in [1.29, 1.82) is 0 Å². The van der Waals surface area contributed by atoms with Gasteiger partial charge in [0.15, 0.2) is 0 Å². The molecule has 0 radical (unpaired) electrons. The van der Waals surface area contributed by atoms with Crippen molar-refractivity contribution in [2.45, 2.75) is 57.4 Å². The molecule has 1 fully saturated rings. The number of rotatable bonds is 5. The number of nitrogens with zero attached hydrogens (tertiary/aromatic N) is 2. The summed E-state index contributed by atoms with van der Waals surface area (Å²) in [7, 11) is -3.91. The average molecular weight is 455 g/mol. The smallest absolute Gasteiger partial charge is 0.269 e. The number of aryl methyl sites for hydroxylation is 2. The van der Waals surface area contributed by atoms with E-state index in [1.54, 1.807) is 24.8 Å². The van der Waals surface area contributed by atoms with Crippen LogP contribution in [0.1, 0.15) is 65.0 Å². The van der Waals surface area contributed by atoms with E-state index < -0.39 is 22.0 Å². The van der Waals surface area contributed by atoms with Gasteiger partial charge in [-0.15, -0.1) is 0 Å². The van der Waals surface area contributed by atoms with Gasteiger partial charge >= 0.3 is 0 Å². The standard InChI is InChI=1S/C25H30N2O4S/c1-17(2)27-25(29)22-11-10-21(16-23(22)32(27,30)31)24(28)26-14-12-20(13-15-26)9-8-19-6-4-18(3)5-7-19/h4-7,10-11,16-17,20H,8-9,12-15H2,1-3H3. The minimum Gasteiger partial charge on any atom is -0.339 e. The fourth-order valence-electron chi connectivity index (χ4n) is 4.62. The van der Waals surface area contributed by atoms with Crippen LogP contribution < -0.4 is 0 Å². The van der Waals surface area contributed by atoms with E-state index in [4.69, 9.17) is 0 Å². The van der Waals surface area contributed by atoms with Gasteiger partial charge in [0, 0.05) is 24.7 Å². The molecule has 2 aliphatic heterocycles. The summed E-state index contributed by atoms with van der Waals surface area (Å²) in [4.78, 5) is 27.3. The first-order valence-electron chi connectivity index (χ1n) is 11.3. The van der Waals surface area contributed by atoms with Crippen LogP contribution in [0.2, 0.25) is 0 Å². The lowest BCUT2D eigenvalue weighted by Gasteiger charge is -2.32. The van der Waals surface area contributed by atoms with Crippen LogP contribution in [0.15, 0.2) is 47.4 Å². The highest BCUT2D eigenvalue weighted by atomic mass is 32.2. The molecule has 0 N–H and O–H groups in total. The van der Waals surface area contributed by atoms with Crippen LogP contribution >= 0.6 is 0 Å². The average Bonchev–Trinajstić information content (AvgIpc) is 2.98. The van der Waals surface area contributed by atoms with Crippen molar-refractivity contribution >= 4 is 21.8 Å². The van der Waals surface area contributed by atoms with Crippen LogP contribution in [-0.4, -0.2) is 48.6 Å². The highest BCUT2D eigenvalue weighted by molar-refractivity contribution is 7.90. The van der Waals surface area contributed by atoms with Crippen molar-refractivity contribution in [3.63, 3.8) is 0 Å². The number of hydrogen-bond donors (Lipinski definition) is 0. The number of piperidine rings is 1. The Hall–Kier alpha value is -2.67. The molecule has 7 heteroatoms. The Labute approximate surface area is 190 Å². The van der Waals surface area contributed by atoms with Crippen LogP contribution in [0.4, 0.5) is 0 Å². The van der Waals surface area contributed by atoms with Crippen LogP contribution in [-0.2, 0) is 16.4 Å². The molecule has 0 saturated carbocycles. The predicted molar refractivity (Wildman–Crippen MR) is 123 cm³/mol. The van der Waals surface area contributed by atoms with E-state index in [1.807, 2.05) is 0 Å². The molecule has 4 rings (SSSR count). The number of sulfonamides is 1. The highest BCUT2D eigenvalue weighted by Gasteiger charge is 2.43. The number of carbonyl (C=O) groups excluding carboxylic acids is 2. The summed E-state index contributed by atoms with van der Waals surface area (Å²) >= 11 is 0. The summed E-state index contributed by atoms with van der Waals surface area (Å²) in [6.45, 7) is 6.74. The van der Waals surface area contributed by atoms with Gasteiger partial charge in [0.2, 0.25) is 0 Å². The molecule has 2 aromatic carbocycles. The molecule has 2 amide bonds. The molecule has 6 nitrogen and oxygen atoms in total. The summed E-state index contributed by atoms with van der Waals surface area (Å²) in [5.74, 6) is -0.114. The molecule has 0 aliphatic carbocycles. The SMILES string of the molecule is Cc1ccc(CCC2CCN(C(=O)c3ccc4c(c3)S(=O)(=O)N(C(C)C)C4=O)CC2)cc1. The Morgan fingerprint density at radius 2 is 1.72 bits per heavy atom. The normalized spacial score (nSPS) is 18.3. The highest BCUT2D eigenvalue weighted by Crippen LogP contribution is 2.33. The third-order valence-corrected chi connectivity index (χ3v) is 8.53. The van der Waals surface area contributed by atoms with Crippen LogP contribution in [0.25, 0.3) is 0 Å². The van der Waals surface area contributed by atoms with Gasteiger partial charge in [0.05, 0.1) is 5.56 Å². The number of amides is 2. The van der Waals surface area contributed by atoms with Crippen LogP contribution in [0.5, 0.6) is 0 Å². The number of carbonyl (C=O) groups is 2. The molecule has 2 aliphatic rings. The molecular formula is C25H30N2O4S. The van der Waals surface area contributed by atoms with Gasteiger partial charge in [-0.3, -0.25) is 9.59 Å². The fraction of sp³-hybridized carbons (Fsp3) is 0.440. The Morgan fingerprint density at radius 1 is 1.06 bits per heavy atom. The van der Waals surface area contributed by atoms with Crippen molar-refractivity contribution in [3.8, 4) is 0 Å². The molecule has 2 aromatic rings. The maximum atomic E-state index is 13.1. The van der Waals surface area contributed by atoms with Gasteiger partial charge in [0.25, 0.3) is 21.8 Å². The second kappa shape index (κ2) is 8.70. The molecule has 0 aromatic heterocycles. The van der Waals surface area contributed by atoms with Crippen molar-refractivity contribution in [1.82, 2.24) is 9.21 Å². The Morgan fingerprint density at radius 3 is 2.34 bits per heavy atom. The quantitative estimate of drug-likeness (QED) is 0.684. The summed E-state index contributed by atoms with van der Waals surface area (Å²) in [5, 5.41) is 0. The molecule has 0 bridgehead atoms. The lowest BCUT2D eigenvalue weighted by atomic mass is 9.90. The zero-order valence-electron chi connectivity index (χ0n) is 18.9. The van der Waals surface area contributed by atoms with Crippen molar-refractivity contribution < 1.29 is 18.0 Å². The first-order valence-corrected chi connectivity index (χ1v) is 12.7. The lowest BCUT2D eigenvalue weighted by Crippen LogP contribution is -2.38. The van der Waals surface area contributed by atoms with Gasteiger partial charge in [0.1, 0.15) is 4.90 Å². The maximum absolute atomic E-state index is 13.1. The lowest BCUT2D eigenvalue weighted by molar-refractivity contribution is 0.0686. The Balaban J connectivity index is 1.40. The molecule has 32 heavy (non-hydrogen) atoms. The summed E-state index contributed by atoms with van der Waals surface area (Å²) in [5.41, 5.74) is 3.08. The zero-order valence-corrected chi connectivity index (χ0v) is 19.7.